The lowest BCUT2D eigenvalue weighted by Crippen LogP contribution is -2.30. The van der Waals surface area contributed by atoms with Crippen LogP contribution in [0.15, 0.2) is 52.7 Å². The van der Waals surface area contributed by atoms with Gasteiger partial charge in [0.2, 0.25) is 5.91 Å². The molecule has 0 saturated heterocycles. The second-order valence-corrected chi connectivity index (χ2v) is 6.53. The molecule has 2 amide bonds. The quantitative estimate of drug-likeness (QED) is 0.576. The van der Waals surface area contributed by atoms with Gasteiger partial charge in [-0.25, -0.2) is 0 Å². The highest BCUT2D eigenvalue weighted by Crippen LogP contribution is 2.16. The van der Waals surface area contributed by atoms with Gasteiger partial charge in [0.15, 0.2) is 0 Å². The highest BCUT2D eigenvalue weighted by atomic mass is 32.2. The van der Waals surface area contributed by atoms with Gasteiger partial charge in [-0.15, -0.1) is 23.1 Å². The van der Waals surface area contributed by atoms with Crippen molar-refractivity contribution in [1.82, 2.24) is 10.6 Å². The summed E-state index contributed by atoms with van der Waals surface area (Å²) < 4.78 is 0. The van der Waals surface area contributed by atoms with Crippen molar-refractivity contribution in [2.24, 2.45) is 0 Å². The Morgan fingerprint density at radius 3 is 2.50 bits per heavy atom. The van der Waals surface area contributed by atoms with Gasteiger partial charge in [0.1, 0.15) is 0 Å². The Hall–Kier alpha value is -1.79. The van der Waals surface area contributed by atoms with Crippen LogP contribution in [-0.4, -0.2) is 30.7 Å². The van der Waals surface area contributed by atoms with Gasteiger partial charge in [-0.3, -0.25) is 9.59 Å². The van der Waals surface area contributed by atoms with Crippen LogP contribution in [0, 0.1) is 0 Å². The van der Waals surface area contributed by atoms with Crippen LogP contribution >= 0.6 is 23.1 Å². The highest BCUT2D eigenvalue weighted by molar-refractivity contribution is 8.00. The van der Waals surface area contributed by atoms with Crippen LogP contribution in [0.3, 0.4) is 0 Å². The average molecular weight is 334 g/mol. The van der Waals surface area contributed by atoms with Gasteiger partial charge >= 0.3 is 0 Å². The van der Waals surface area contributed by atoms with Crippen LogP contribution in [0.4, 0.5) is 0 Å². The van der Waals surface area contributed by atoms with Gasteiger partial charge in [-0.2, -0.15) is 0 Å². The van der Waals surface area contributed by atoms with E-state index in [0.717, 1.165) is 11.3 Å². The molecule has 2 N–H and O–H groups in total. The number of benzene rings is 1. The van der Waals surface area contributed by atoms with Crippen LogP contribution in [0.1, 0.15) is 16.1 Å². The smallest absolute Gasteiger partial charge is 0.261 e. The fraction of sp³-hybridized carbons (Fsp3) is 0.250. The predicted octanol–water partition coefficient (Wildman–Crippen LogP) is 2.78. The first kappa shape index (κ1) is 16.6. The molecule has 0 bridgehead atoms. The molecule has 0 radical (unpaired) electrons. The molecule has 116 valence electrons. The van der Waals surface area contributed by atoms with Gasteiger partial charge in [0, 0.05) is 18.0 Å². The Morgan fingerprint density at radius 2 is 1.77 bits per heavy atom. The molecule has 0 spiro atoms. The zero-order valence-corrected chi connectivity index (χ0v) is 13.7. The Morgan fingerprint density at radius 1 is 1.00 bits per heavy atom. The van der Waals surface area contributed by atoms with Crippen molar-refractivity contribution in [3.05, 3.63) is 52.7 Å². The first-order chi connectivity index (χ1) is 10.8. The minimum absolute atomic E-state index is 0.0124. The summed E-state index contributed by atoms with van der Waals surface area (Å²) in [7, 11) is 0. The molecule has 22 heavy (non-hydrogen) atoms. The maximum Gasteiger partial charge on any atom is 0.261 e. The van der Waals surface area contributed by atoms with Gasteiger partial charge in [0.25, 0.3) is 5.91 Å². The van der Waals surface area contributed by atoms with E-state index >= 15 is 0 Å². The molecule has 6 heteroatoms. The van der Waals surface area contributed by atoms with E-state index in [1.54, 1.807) is 6.07 Å². The molecule has 0 fully saturated rings. The summed E-state index contributed by atoms with van der Waals surface area (Å²) in [5, 5.41) is 7.56. The van der Waals surface area contributed by atoms with Crippen molar-refractivity contribution in [3.63, 3.8) is 0 Å². The molecular weight excluding hydrogens is 316 g/mol. The van der Waals surface area contributed by atoms with Crippen molar-refractivity contribution in [3.8, 4) is 0 Å². The zero-order chi connectivity index (χ0) is 15.6. The average Bonchev–Trinajstić information content (AvgIpc) is 3.08. The van der Waals surface area contributed by atoms with Crippen molar-refractivity contribution < 1.29 is 9.59 Å². The van der Waals surface area contributed by atoms with Gasteiger partial charge in [-0.1, -0.05) is 24.3 Å². The van der Waals surface area contributed by atoms with Crippen LogP contribution in [-0.2, 0) is 4.79 Å². The summed E-state index contributed by atoms with van der Waals surface area (Å²) in [6.45, 7) is 1.13. The maximum absolute atomic E-state index is 11.7. The second-order valence-electron chi connectivity index (χ2n) is 4.54. The first-order valence-electron chi connectivity index (χ1n) is 7.02. The predicted molar refractivity (Wildman–Crippen MR) is 91.4 cm³/mol. The summed E-state index contributed by atoms with van der Waals surface area (Å²) >= 11 is 2.93. The molecule has 0 aliphatic rings. The van der Waals surface area contributed by atoms with Crippen molar-refractivity contribution in [1.29, 1.82) is 0 Å². The molecule has 0 aliphatic heterocycles. The molecule has 1 aromatic heterocycles. The molecule has 0 unspecified atom stereocenters. The van der Waals surface area contributed by atoms with E-state index in [0.29, 0.717) is 23.7 Å². The summed E-state index contributed by atoms with van der Waals surface area (Å²) in [6, 6.07) is 13.5. The minimum Gasteiger partial charge on any atom is -0.355 e. The first-order valence-corrected chi connectivity index (χ1v) is 8.88. The van der Waals surface area contributed by atoms with E-state index in [-0.39, 0.29) is 11.8 Å². The fourth-order valence-electron chi connectivity index (χ4n) is 1.73. The van der Waals surface area contributed by atoms with Crippen LogP contribution in [0.25, 0.3) is 0 Å². The van der Waals surface area contributed by atoms with Gasteiger partial charge in [0.05, 0.1) is 10.6 Å². The lowest BCUT2D eigenvalue weighted by Gasteiger charge is -2.06. The summed E-state index contributed by atoms with van der Waals surface area (Å²) in [4.78, 5) is 25.1. The fourth-order valence-corrected chi connectivity index (χ4v) is 3.12. The number of hydrogen-bond donors (Lipinski definition) is 2. The molecule has 2 rings (SSSR count). The summed E-state index contributed by atoms with van der Waals surface area (Å²) in [6.07, 6.45) is 0.721. The molecule has 0 atom stereocenters. The Bertz CT molecular complexity index is 585. The number of rotatable bonds is 8. The van der Waals surface area contributed by atoms with E-state index < -0.39 is 0 Å². The minimum atomic E-state index is -0.0547. The molecule has 4 nitrogen and oxygen atoms in total. The van der Waals surface area contributed by atoms with Crippen LogP contribution in [0.5, 0.6) is 0 Å². The molecule has 1 heterocycles. The highest BCUT2D eigenvalue weighted by Gasteiger charge is 2.05. The molecular formula is C16H18N2O2S2. The van der Waals surface area contributed by atoms with E-state index in [1.165, 1.54) is 23.1 Å². The van der Waals surface area contributed by atoms with E-state index in [9.17, 15) is 9.59 Å². The third kappa shape index (κ3) is 5.91. The van der Waals surface area contributed by atoms with E-state index in [4.69, 9.17) is 0 Å². The van der Waals surface area contributed by atoms with E-state index in [2.05, 4.69) is 10.6 Å². The third-order valence-electron chi connectivity index (χ3n) is 2.82. The topological polar surface area (TPSA) is 58.2 Å². The molecule has 2 aromatic rings. The number of hydrogen-bond acceptors (Lipinski definition) is 4. The largest absolute Gasteiger partial charge is 0.355 e. The lowest BCUT2D eigenvalue weighted by molar-refractivity contribution is -0.118. The Labute approximate surface area is 138 Å². The number of amides is 2. The van der Waals surface area contributed by atoms with Crippen molar-refractivity contribution >= 4 is 34.9 Å². The molecule has 0 aliphatic carbocycles. The number of carbonyl (C=O) groups is 2. The summed E-state index contributed by atoms with van der Waals surface area (Å²) in [5.41, 5.74) is 0. The van der Waals surface area contributed by atoms with Gasteiger partial charge < -0.3 is 10.6 Å². The monoisotopic (exact) mass is 334 g/mol. The number of carbonyl (C=O) groups excluding carboxylic acids is 2. The number of nitrogens with one attached hydrogen (secondary N) is 2. The standard InChI is InChI=1S/C16H18N2O2S2/c19-15(12-22-13-6-2-1-3-7-13)17-9-5-10-18-16(20)14-8-4-11-21-14/h1-4,6-8,11H,5,9-10,12H2,(H,17,19)(H,18,20). The Kier molecular flexibility index (Phi) is 6.99. The second kappa shape index (κ2) is 9.27. The molecule has 0 saturated carbocycles. The van der Waals surface area contributed by atoms with Gasteiger partial charge in [-0.05, 0) is 30.0 Å². The number of thioether (sulfide) groups is 1. The third-order valence-corrected chi connectivity index (χ3v) is 4.70. The Balaban J connectivity index is 1.53. The molecule has 1 aromatic carbocycles. The SMILES string of the molecule is O=C(CSc1ccccc1)NCCCNC(=O)c1cccs1. The van der Waals surface area contributed by atoms with Crippen molar-refractivity contribution in [2.75, 3.05) is 18.8 Å². The maximum atomic E-state index is 11.7. The van der Waals surface area contributed by atoms with Crippen molar-refractivity contribution in [2.45, 2.75) is 11.3 Å². The van der Waals surface area contributed by atoms with Crippen LogP contribution < -0.4 is 10.6 Å². The summed E-state index contributed by atoms with van der Waals surface area (Å²) in [5.74, 6) is 0.366. The number of thiophene rings is 1. The lowest BCUT2D eigenvalue weighted by atomic mass is 10.4. The zero-order valence-electron chi connectivity index (χ0n) is 12.1. The van der Waals surface area contributed by atoms with E-state index in [1.807, 2.05) is 41.8 Å². The van der Waals surface area contributed by atoms with Crippen LogP contribution in [0.2, 0.25) is 0 Å². The normalized spacial score (nSPS) is 10.2.